The molecule has 1 aliphatic carbocycles. The molecule has 7 rings (SSSR count). The average molecular weight is 578 g/mol. The van der Waals surface area contributed by atoms with Crippen molar-refractivity contribution in [2.24, 2.45) is 0 Å². The largest absolute Gasteiger partial charge is 0.462 e. The predicted octanol–water partition coefficient (Wildman–Crippen LogP) is 1.69. The first-order chi connectivity index (χ1) is 20.2. The highest BCUT2D eigenvalue weighted by atomic mass is 16.7. The summed E-state index contributed by atoms with van der Waals surface area (Å²) in [5, 5.41) is 30.9. The van der Waals surface area contributed by atoms with Crippen LogP contribution in [0.1, 0.15) is 62.7 Å². The third-order valence-electron chi connectivity index (χ3n) is 8.66. The van der Waals surface area contributed by atoms with Crippen LogP contribution in [0.3, 0.4) is 0 Å². The van der Waals surface area contributed by atoms with Gasteiger partial charge in [0.05, 0.1) is 24.4 Å². The van der Waals surface area contributed by atoms with Crippen LogP contribution < -0.4 is 14.2 Å². The third kappa shape index (κ3) is 4.17. The van der Waals surface area contributed by atoms with Gasteiger partial charge in [-0.15, -0.1) is 0 Å². The average Bonchev–Trinajstić information content (AvgIpc) is 3.72. The van der Waals surface area contributed by atoms with Gasteiger partial charge in [0, 0.05) is 36.6 Å². The standard InChI is InChI=1S/C30H31N3O9/c1-14-8-19-16(9-20(14)42-30-28(37)27(36)25(34)15(2)41-30)23-24(33(29(19)38)6-3-5-32-7-4-31-12-32)17-10-21-22(40-13-39-21)11-18(17)26(23)35/h4,7-12,15,23-25,27-28,30,34,36-37H,3,5-6,13H2,1-2H3/t15-,23?,24?,25+,27+,28-,30-/m0/s1. The van der Waals surface area contributed by atoms with Crippen molar-refractivity contribution in [1.29, 1.82) is 0 Å². The Kier molecular flexibility index (Phi) is 6.46. The van der Waals surface area contributed by atoms with Gasteiger partial charge in [0.15, 0.2) is 17.3 Å². The molecule has 1 saturated heterocycles. The summed E-state index contributed by atoms with van der Waals surface area (Å²) in [6.07, 6.45) is -0.347. The number of aliphatic hydroxyl groups is 3. The number of amides is 1. The molecule has 7 atom stereocenters. The number of hydrogen-bond acceptors (Lipinski definition) is 10. The van der Waals surface area contributed by atoms with Gasteiger partial charge in [0.1, 0.15) is 24.1 Å². The predicted molar refractivity (Wildman–Crippen MR) is 144 cm³/mol. The molecule has 2 aromatic carbocycles. The van der Waals surface area contributed by atoms with Crippen LogP contribution in [0.5, 0.6) is 17.2 Å². The van der Waals surface area contributed by atoms with Crippen LogP contribution in [0.25, 0.3) is 0 Å². The fourth-order valence-electron chi connectivity index (χ4n) is 6.44. The number of aryl methyl sites for hydroxylation is 2. The number of carbonyl (C=O) groups is 2. The number of imidazole rings is 1. The molecule has 12 nitrogen and oxygen atoms in total. The molecule has 3 aliphatic heterocycles. The Morgan fingerprint density at radius 1 is 0.976 bits per heavy atom. The van der Waals surface area contributed by atoms with Gasteiger partial charge in [-0.3, -0.25) is 9.59 Å². The van der Waals surface area contributed by atoms with Crippen molar-refractivity contribution in [1.82, 2.24) is 14.5 Å². The van der Waals surface area contributed by atoms with Crippen molar-refractivity contribution < 1.29 is 43.9 Å². The summed E-state index contributed by atoms with van der Waals surface area (Å²) in [5.41, 5.74) is 2.69. The second-order valence-electron chi connectivity index (χ2n) is 11.2. The second-order valence-corrected chi connectivity index (χ2v) is 11.2. The molecule has 1 fully saturated rings. The van der Waals surface area contributed by atoms with Crippen LogP contribution in [0, 0.1) is 6.92 Å². The highest BCUT2D eigenvalue weighted by Crippen LogP contribution is 2.54. The quantitative estimate of drug-likeness (QED) is 0.395. The lowest BCUT2D eigenvalue weighted by atomic mass is 9.82. The zero-order valence-electron chi connectivity index (χ0n) is 23.0. The molecule has 2 unspecified atom stereocenters. The fourth-order valence-corrected chi connectivity index (χ4v) is 6.44. The molecule has 3 N–H and O–H groups in total. The van der Waals surface area contributed by atoms with E-state index >= 15 is 0 Å². The lowest BCUT2D eigenvalue weighted by Gasteiger charge is -2.40. The Morgan fingerprint density at radius 3 is 2.52 bits per heavy atom. The molecular weight excluding hydrogens is 546 g/mol. The number of rotatable bonds is 6. The van der Waals surface area contributed by atoms with Gasteiger partial charge < -0.3 is 43.7 Å². The molecule has 3 aromatic rings. The van der Waals surface area contributed by atoms with Gasteiger partial charge >= 0.3 is 0 Å². The number of Topliss-reactive ketones (excluding diaryl/α,β-unsaturated/α-hetero) is 1. The molecule has 0 bridgehead atoms. The number of carbonyl (C=O) groups excluding carboxylic acids is 2. The van der Waals surface area contributed by atoms with Crippen LogP contribution in [0.15, 0.2) is 43.0 Å². The van der Waals surface area contributed by atoms with E-state index in [0.29, 0.717) is 64.6 Å². The topological polar surface area (TPSA) is 153 Å². The van der Waals surface area contributed by atoms with E-state index in [0.717, 1.165) is 0 Å². The van der Waals surface area contributed by atoms with Crippen molar-refractivity contribution in [3.8, 4) is 17.2 Å². The zero-order valence-corrected chi connectivity index (χ0v) is 23.0. The van der Waals surface area contributed by atoms with Crippen molar-refractivity contribution in [2.45, 2.75) is 69.5 Å². The smallest absolute Gasteiger partial charge is 0.254 e. The Morgan fingerprint density at radius 2 is 1.76 bits per heavy atom. The van der Waals surface area contributed by atoms with Crippen molar-refractivity contribution in [3.05, 3.63) is 70.8 Å². The fraction of sp³-hybridized carbons (Fsp3) is 0.433. The maximum absolute atomic E-state index is 14.1. The lowest BCUT2D eigenvalue weighted by molar-refractivity contribution is -0.268. The number of benzene rings is 2. The molecule has 0 saturated carbocycles. The normalized spacial score (nSPS) is 29.4. The minimum atomic E-state index is -1.51. The van der Waals surface area contributed by atoms with Crippen LogP contribution in [-0.2, 0) is 11.3 Å². The molecule has 0 spiro atoms. The minimum Gasteiger partial charge on any atom is -0.462 e. The number of hydrogen-bond donors (Lipinski definition) is 3. The lowest BCUT2D eigenvalue weighted by Crippen LogP contribution is -2.58. The number of aromatic nitrogens is 2. The van der Waals surface area contributed by atoms with E-state index < -0.39 is 42.7 Å². The summed E-state index contributed by atoms with van der Waals surface area (Å²) in [6.45, 7) is 4.46. The van der Waals surface area contributed by atoms with Crippen molar-refractivity contribution >= 4 is 11.7 Å². The number of ketones is 1. The van der Waals surface area contributed by atoms with E-state index in [1.807, 2.05) is 10.8 Å². The van der Waals surface area contributed by atoms with Gasteiger partial charge in [-0.05, 0) is 61.2 Å². The van der Waals surface area contributed by atoms with Crippen LogP contribution in [0.2, 0.25) is 0 Å². The Balaban J connectivity index is 1.27. The maximum Gasteiger partial charge on any atom is 0.254 e. The minimum absolute atomic E-state index is 0.0658. The molecule has 12 heteroatoms. The number of nitrogens with zero attached hydrogens (tertiary/aromatic N) is 3. The van der Waals surface area contributed by atoms with E-state index in [9.17, 15) is 24.9 Å². The van der Waals surface area contributed by atoms with E-state index in [1.165, 1.54) is 0 Å². The molecular formula is C30H31N3O9. The van der Waals surface area contributed by atoms with Gasteiger partial charge in [-0.25, -0.2) is 4.98 Å². The van der Waals surface area contributed by atoms with E-state index in [-0.39, 0.29) is 18.5 Å². The van der Waals surface area contributed by atoms with Crippen LogP contribution in [0.4, 0.5) is 0 Å². The van der Waals surface area contributed by atoms with Gasteiger partial charge in [-0.2, -0.15) is 0 Å². The van der Waals surface area contributed by atoms with Crippen LogP contribution in [-0.4, -0.2) is 85.5 Å². The molecule has 0 radical (unpaired) electrons. The Hall–Kier alpha value is -3.97. The first kappa shape index (κ1) is 26.9. The first-order valence-corrected chi connectivity index (χ1v) is 14.0. The third-order valence-corrected chi connectivity index (χ3v) is 8.66. The first-order valence-electron chi connectivity index (χ1n) is 14.0. The number of aliphatic hydroxyl groups excluding tert-OH is 3. The summed E-state index contributed by atoms with van der Waals surface area (Å²) in [7, 11) is 0. The molecule has 42 heavy (non-hydrogen) atoms. The highest BCUT2D eigenvalue weighted by Gasteiger charge is 2.51. The molecule has 220 valence electrons. The molecule has 1 amide bonds. The van der Waals surface area contributed by atoms with E-state index in [4.69, 9.17) is 18.9 Å². The van der Waals surface area contributed by atoms with Crippen LogP contribution >= 0.6 is 0 Å². The van der Waals surface area contributed by atoms with Crippen molar-refractivity contribution in [3.63, 3.8) is 0 Å². The maximum atomic E-state index is 14.1. The number of ether oxygens (including phenoxy) is 4. The highest BCUT2D eigenvalue weighted by molar-refractivity contribution is 6.11. The van der Waals surface area contributed by atoms with Crippen molar-refractivity contribution in [2.75, 3.05) is 13.3 Å². The summed E-state index contributed by atoms with van der Waals surface area (Å²) in [5.74, 6) is 0.278. The van der Waals surface area contributed by atoms with Gasteiger partial charge in [0.25, 0.3) is 5.91 Å². The SMILES string of the molecule is Cc1cc2c(cc1O[C@@H]1O[C@@H](C)[C@@H](O)[C@@H](O)[C@@H]1O)C1C(=O)c3cc4c(cc3C1N(CCCn1ccnc1)C2=O)OCO4. The summed E-state index contributed by atoms with van der Waals surface area (Å²) in [6, 6.07) is 6.28. The zero-order chi connectivity index (χ0) is 29.3. The second kappa shape index (κ2) is 10.1. The Labute approximate surface area is 241 Å². The summed E-state index contributed by atoms with van der Waals surface area (Å²) in [4.78, 5) is 34.0. The van der Waals surface area contributed by atoms with Gasteiger partial charge in [-0.1, -0.05) is 0 Å². The molecule has 4 heterocycles. The number of fused-ring (bicyclic) bond motifs is 6. The molecule has 1 aromatic heterocycles. The monoisotopic (exact) mass is 577 g/mol. The molecule has 4 aliphatic rings. The van der Waals surface area contributed by atoms with E-state index in [2.05, 4.69) is 4.98 Å². The summed E-state index contributed by atoms with van der Waals surface area (Å²) < 4.78 is 24.8. The summed E-state index contributed by atoms with van der Waals surface area (Å²) >= 11 is 0. The van der Waals surface area contributed by atoms with E-state index in [1.54, 1.807) is 55.5 Å². The van der Waals surface area contributed by atoms with Gasteiger partial charge in [0.2, 0.25) is 13.1 Å². The Bertz CT molecular complexity index is 1560.